The van der Waals surface area contributed by atoms with Gasteiger partial charge in [-0.05, 0) is 36.8 Å². The first-order valence-electron chi connectivity index (χ1n) is 9.60. The zero-order chi connectivity index (χ0) is 20.1. The van der Waals surface area contributed by atoms with Gasteiger partial charge in [0.25, 0.3) is 0 Å². The fourth-order valence-electron chi connectivity index (χ4n) is 3.40. The van der Waals surface area contributed by atoms with Crippen LogP contribution >= 0.6 is 11.6 Å². The van der Waals surface area contributed by atoms with Gasteiger partial charge in [0.2, 0.25) is 5.91 Å². The lowest BCUT2D eigenvalue weighted by Crippen LogP contribution is -2.34. The Kier molecular flexibility index (Phi) is 5.92. The van der Waals surface area contributed by atoms with E-state index in [9.17, 15) is 4.79 Å². The smallest absolute Gasteiger partial charge is 0.248 e. The van der Waals surface area contributed by atoms with E-state index in [-0.39, 0.29) is 12.5 Å². The minimum Gasteiger partial charge on any atom is -0.494 e. The number of hydrogen-bond donors (Lipinski definition) is 0. The topological polar surface area (TPSA) is 41.9 Å². The summed E-state index contributed by atoms with van der Waals surface area (Å²) < 4.78 is 5.77. The summed E-state index contributed by atoms with van der Waals surface area (Å²) in [5, 5.41) is 0.620. The highest BCUT2D eigenvalue weighted by Gasteiger charge is 2.25. The van der Waals surface area contributed by atoms with Crippen LogP contribution < -0.4 is 9.64 Å². The lowest BCUT2D eigenvalue weighted by Gasteiger charge is -2.23. The number of benzodiazepines with no additional fused rings is 1. The molecule has 3 aromatic carbocycles. The molecule has 4 nitrogen and oxygen atoms in total. The van der Waals surface area contributed by atoms with E-state index in [0.717, 1.165) is 28.3 Å². The predicted molar refractivity (Wildman–Crippen MR) is 117 cm³/mol. The summed E-state index contributed by atoms with van der Waals surface area (Å²) in [6, 6.07) is 25.2. The van der Waals surface area contributed by atoms with E-state index in [1.54, 1.807) is 4.90 Å². The van der Waals surface area contributed by atoms with Gasteiger partial charge in [0, 0.05) is 22.7 Å². The van der Waals surface area contributed by atoms with Gasteiger partial charge in [0.05, 0.1) is 18.0 Å². The predicted octanol–water partition coefficient (Wildman–Crippen LogP) is 4.99. The molecule has 0 bridgehead atoms. The summed E-state index contributed by atoms with van der Waals surface area (Å²) in [5.74, 6) is 0.802. The van der Waals surface area contributed by atoms with Crippen molar-refractivity contribution in [1.29, 1.82) is 0 Å². The Morgan fingerprint density at radius 3 is 2.45 bits per heavy atom. The van der Waals surface area contributed by atoms with Crippen molar-refractivity contribution in [3.8, 4) is 5.75 Å². The molecule has 0 N–H and O–H groups in total. The summed E-state index contributed by atoms with van der Waals surface area (Å²) >= 11 is 6.28. The molecule has 0 unspecified atom stereocenters. The van der Waals surface area contributed by atoms with Gasteiger partial charge in [0.1, 0.15) is 12.3 Å². The summed E-state index contributed by atoms with van der Waals surface area (Å²) in [6.45, 7) is 1.19. The normalized spacial score (nSPS) is 13.5. The van der Waals surface area contributed by atoms with Crippen molar-refractivity contribution in [2.24, 2.45) is 4.99 Å². The Morgan fingerprint density at radius 2 is 1.69 bits per heavy atom. The van der Waals surface area contributed by atoms with E-state index in [1.807, 2.05) is 78.9 Å². The largest absolute Gasteiger partial charge is 0.494 e. The average Bonchev–Trinajstić information content (AvgIpc) is 2.89. The van der Waals surface area contributed by atoms with Gasteiger partial charge in [-0.2, -0.15) is 0 Å². The number of hydrogen-bond acceptors (Lipinski definition) is 3. The molecule has 1 amide bonds. The van der Waals surface area contributed by atoms with Crippen molar-refractivity contribution in [3.05, 3.63) is 95.0 Å². The molecule has 1 heterocycles. The van der Waals surface area contributed by atoms with Crippen molar-refractivity contribution >= 4 is 28.9 Å². The molecular formula is C24H21ClN2O2. The van der Waals surface area contributed by atoms with Crippen LogP contribution in [0.15, 0.2) is 83.9 Å². The summed E-state index contributed by atoms with van der Waals surface area (Å²) in [5.41, 5.74) is 3.47. The van der Waals surface area contributed by atoms with E-state index < -0.39 is 0 Å². The second-order valence-electron chi connectivity index (χ2n) is 6.75. The van der Waals surface area contributed by atoms with E-state index in [4.69, 9.17) is 16.3 Å². The second-order valence-corrected chi connectivity index (χ2v) is 7.19. The molecule has 0 radical (unpaired) electrons. The third-order valence-corrected chi connectivity index (χ3v) is 5.00. The van der Waals surface area contributed by atoms with E-state index in [0.29, 0.717) is 24.6 Å². The number of halogens is 1. The maximum absolute atomic E-state index is 12.8. The van der Waals surface area contributed by atoms with Crippen molar-refractivity contribution in [2.75, 3.05) is 24.6 Å². The molecule has 1 aliphatic heterocycles. The number of benzene rings is 3. The number of aliphatic imine (C=N–C) groups is 1. The number of amides is 1. The van der Waals surface area contributed by atoms with Crippen LogP contribution in [0.1, 0.15) is 17.5 Å². The van der Waals surface area contributed by atoms with Crippen LogP contribution in [0.3, 0.4) is 0 Å². The highest BCUT2D eigenvalue weighted by atomic mass is 35.5. The molecular weight excluding hydrogens is 384 g/mol. The standard InChI is InChI=1S/C24H21ClN2O2/c25-19-12-13-22-21(16-19)24(18-8-3-1-4-9-18)26-17-23(28)27(22)14-7-15-29-20-10-5-2-6-11-20/h1-6,8-13,16H,7,14-15,17H2. The first-order chi connectivity index (χ1) is 14.2. The fourth-order valence-corrected chi connectivity index (χ4v) is 3.57. The molecule has 146 valence electrons. The highest BCUT2D eigenvalue weighted by Crippen LogP contribution is 2.29. The van der Waals surface area contributed by atoms with Crippen LogP contribution in [-0.4, -0.2) is 31.3 Å². The molecule has 0 saturated carbocycles. The van der Waals surface area contributed by atoms with E-state index in [2.05, 4.69) is 4.99 Å². The Hall–Kier alpha value is -3.11. The molecule has 0 atom stereocenters. The lowest BCUT2D eigenvalue weighted by molar-refractivity contribution is -0.117. The monoisotopic (exact) mass is 404 g/mol. The van der Waals surface area contributed by atoms with Crippen molar-refractivity contribution in [1.82, 2.24) is 0 Å². The number of rotatable bonds is 6. The van der Waals surface area contributed by atoms with Crippen LogP contribution in [0.5, 0.6) is 5.75 Å². The van der Waals surface area contributed by atoms with Gasteiger partial charge in [-0.25, -0.2) is 0 Å². The highest BCUT2D eigenvalue weighted by molar-refractivity contribution is 6.32. The zero-order valence-corrected chi connectivity index (χ0v) is 16.7. The van der Waals surface area contributed by atoms with Gasteiger partial charge in [0.15, 0.2) is 0 Å². The molecule has 3 aromatic rings. The second kappa shape index (κ2) is 8.93. The average molecular weight is 405 g/mol. The van der Waals surface area contributed by atoms with E-state index in [1.165, 1.54) is 0 Å². The Balaban J connectivity index is 1.56. The van der Waals surface area contributed by atoms with Gasteiger partial charge >= 0.3 is 0 Å². The molecule has 0 fully saturated rings. The van der Waals surface area contributed by atoms with Gasteiger partial charge in [-0.3, -0.25) is 9.79 Å². The summed E-state index contributed by atoms with van der Waals surface area (Å²) in [4.78, 5) is 19.3. The summed E-state index contributed by atoms with van der Waals surface area (Å²) in [7, 11) is 0. The Morgan fingerprint density at radius 1 is 0.966 bits per heavy atom. The Labute approximate surface area is 175 Å². The maximum Gasteiger partial charge on any atom is 0.248 e. The van der Waals surface area contributed by atoms with Crippen molar-refractivity contribution in [2.45, 2.75) is 6.42 Å². The number of fused-ring (bicyclic) bond motifs is 1. The van der Waals surface area contributed by atoms with Crippen LogP contribution in [0.4, 0.5) is 5.69 Å². The summed E-state index contributed by atoms with van der Waals surface area (Å²) in [6.07, 6.45) is 0.712. The molecule has 0 aromatic heterocycles. The molecule has 4 rings (SSSR count). The molecule has 0 saturated heterocycles. The van der Waals surface area contributed by atoms with Crippen LogP contribution in [0, 0.1) is 0 Å². The molecule has 0 aliphatic carbocycles. The number of carbonyl (C=O) groups excluding carboxylic acids is 1. The quantitative estimate of drug-likeness (QED) is 0.543. The van der Waals surface area contributed by atoms with E-state index >= 15 is 0 Å². The molecule has 1 aliphatic rings. The number of ether oxygens (including phenoxy) is 1. The van der Waals surface area contributed by atoms with Crippen molar-refractivity contribution in [3.63, 3.8) is 0 Å². The lowest BCUT2D eigenvalue weighted by atomic mass is 10.00. The number of para-hydroxylation sites is 1. The van der Waals surface area contributed by atoms with Gasteiger partial charge in [-0.1, -0.05) is 60.1 Å². The molecule has 0 spiro atoms. The number of anilines is 1. The van der Waals surface area contributed by atoms with Crippen LogP contribution in [0.25, 0.3) is 0 Å². The SMILES string of the molecule is O=C1CN=C(c2ccccc2)c2cc(Cl)ccc2N1CCCOc1ccccc1. The minimum absolute atomic E-state index is 0.0285. The van der Waals surface area contributed by atoms with Gasteiger partial charge in [-0.15, -0.1) is 0 Å². The number of carbonyl (C=O) groups is 1. The van der Waals surface area contributed by atoms with Gasteiger partial charge < -0.3 is 9.64 Å². The third kappa shape index (κ3) is 4.49. The van der Waals surface area contributed by atoms with Crippen LogP contribution in [0.2, 0.25) is 5.02 Å². The van der Waals surface area contributed by atoms with Crippen LogP contribution in [-0.2, 0) is 4.79 Å². The third-order valence-electron chi connectivity index (χ3n) is 4.76. The first kappa shape index (κ1) is 19.2. The maximum atomic E-state index is 12.8. The fraction of sp³-hybridized carbons (Fsp3) is 0.167. The Bertz CT molecular complexity index is 1020. The first-order valence-corrected chi connectivity index (χ1v) is 9.98. The molecule has 5 heteroatoms. The zero-order valence-electron chi connectivity index (χ0n) is 15.9. The molecule has 29 heavy (non-hydrogen) atoms. The van der Waals surface area contributed by atoms with Crippen molar-refractivity contribution < 1.29 is 9.53 Å². The number of nitrogens with zero attached hydrogens (tertiary/aromatic N) is 2. The minimum atomic E-state index is -0.0285.